The van der Waals surface area contributed by atoms with Crippen LogP contribution in [0.2, 0.25) is 0 Å². The zero-order chi connectivity index (χ0) is 45.5. The Bertz CT molecular complexity index is 1760. The number of methoxy groups -OCH3 is 2. The van der Waals surface area contributed by atoms with E-state index >= 15 is 0 Å². The number of benzene rings is 1. The van der Waals surface area contributed by atoms with E-state index in [1.54, 1.807) is 13.8 Å². The van der Waals surface area contributed by atoms with Crippen LogP contribution >= 0.6 is 0 Å². The molecule has 1 aromatic carbocycles. The third-order valence-corrected chi connectivity index (χ3v) is 13.9. The lowest BCUT2D eigenvalue weighted by Crippen LogP contribution is -2.64. The maximum Gasteiger partial charge on any atom is 0.329 e. The molecular formula is C49H73NO12. The summed E-state index contributed by atoms with van der Waals surface area (Å²) in [6, 6.07) is 6.51. The van der Waals surface area contributed by atoms with Crippen molar-refractivity contribution in [2.45, 2.75) is 174 Å². The summed E-state index contributed by atoms with van der Waals surface area (Å²) in [5.41, 5.74) is 2.73. The van der Waals surface area contributed by atoms with Crippen molar-refractivity contribution in [3.8, 4) is 5.75 Å². The standard InChI is InChI=1S/C49H73NO12/c1-10-35-22-29(3)21-30(4)23-42(58-8)45-43(59-9)25-32(6)49(57,62-45)46(54)47(55)50-20-12-11-13-37(50)48(56)61-44(33(7)39(52)27-40(35)53)31(5)24-34-16-19-38(51)41(26-34)60-36-17-14-28(2)15-18-36/h14-15,17-18,22,24,30,32-35,37-39,41-45,51-52,57H,10-13,16,19-21,23,25-27H2,1-9H3/b29-22+,31-24?. The summed E-state index contributed by atoms with van der Waals surface area (Å²) in [5, 5.41) is 34.8. The molecule has 5 rings (SSSR count). The van der Waals surface area contributed by atoms with E-state index in [4.69, 9.17) is 23.7 Å². The molecule has 1 saturated carbocycles. The lowest BCUT2D eigenvalue weighted by molar-refractivity contribution is -0.302. The molecule has 1 amide bonds. The molecule has 3 N–H and O–H groups in total. The Morgan fingerprint density at radius 3 is 2.23 bits per heavy atom. The highest BCUT2D eigenvalue weighted by Crippen LogP contribution is 2.39. The van der Waals surface area contributed by atoms with Gasteiger partial charge in [0, 0.05) is 44.9 Å². The van der Waals surface area contributed by atoms with Gasteiger partial charge >= 0.3 is 5.97 Å². The number of amides is 1. The topological polar surface area (TPSA) is 178 Å². The van der Waals surface area contributed by atoms with Crippen LogP contribution in [-0.4, -0.2) is 119 Å². The number of aliphatic hydroxyl groups is 3. The quantitative estimate of drug-likeness (QED) is 0.161. The minimum Gasteiger partial charge on any atom is -0.488 e. The fraction of sp³-hybridized carbons (Fsp3) is 0.714. The molecule has 1 aliphatic carbocycles. The first-order chi connectivity index (χ1) is 29.4. The van der Waals surface area contributed by atoms with E-state index < -0.39 is 90.0 Å². The van der Waals surface area contributed by atoms with E-state index in [0.29, 0.717) is 62.7 Å². The number of cyclic esters (lactones) is 1. The molecule has 346 valence electrons. The minimum atomic E-state index is -2.51. The van der Waals surface area contributed by atoms with Crippen LogP contribution in [-0.2, 0) is 38.1 Å². The molecule has 0 aromatic heterocycles. The number of ketones is 2. The van der Waals surface area contributed by atoms with Gasteiger partial charge in [0.15, 0.2) is 0 Å². The SMILES string of the molecule is CCC1/C=C(\C)CC(C)CC(OC)C2OC(O)(C(=O)C(=O)N3CCCCC3C(=O)OC(C(C)=CC3CCC(O)C(Oc4ccc(C)cc4)C3)C(C)C(O)CC1=O)C(C)CC2OC. The number of Topliss-reactive ketones (excluding diaryl/α,β-unsaturated/α-hetero) is 2. The molecule has 3 fully saturated rings. The molecule has 3 heterocycles. The van der Waals surface area contributed by atoms with Crippen molar-refractivity contribution in [1.82, 2.24) is 4.90 Å². The third kappa shape index (κ3) is 11.8. The van der Waals surface area contributed by atoms with Crippen molar-refractivity contribution >= 4 is 23.4 Å². The van der Waals surface area contributed by atoms with Crippen molar-refractivity contribution in [1.29, 1.82) is 0 Å². The predicted molar refractivity (Wildman–Crippen MR) is 233 cm³/mol. The van der Waals surface area contributed by atoms with E-state index in [-0.39, 0.29) is 43.4 Å². The van der Waals surface area contributed by atoms with Gasteiger partial charge in [-0.3, -0.25) is 14.4 Å². The molecule has 13 heteroatoms. The number of carbonyl (C=O) groups excluding carboxylic acids is 4. The van der Waals surface area contributed by atoms with Crippen molar-refractivity contribution in [2.24, 2.45) is 29.6 Å². The van der Waals surface area contributed by atoms with Gasteiger partial charge < -0.3 is 43.9 Å². The number of aryl methyl sites for hydroxylation is 1. The van der Waals surface area contributed by atoms with Crippen molar-refractivity contribution in [2.75, 3.05) is 20.8 Å². The number of ether oxygens (including phenoxy) is 5. The molecule has 13 nitrogen and oxygen atoms in total. The smallest absolute Gasteiger partial charge is 0.329 e. The van der Waals surface area contributed by atoms with Gasteiger partial charge in [0.05, 0.1) is 24.4 Å². The second-order valence-electron chi connectivity index (χ2n) is 18.9. The minimum absolute atomic E-state index is 0.0269. The van der Waals surface area contributed by atoms with Gasteiger partial charge in [-0.15, -0.1) is 0 Å². The summed E-state index contributed by atoms with van der Waals surface area (Å²) in [5.74, 6) is -7.00. The van der Waals surface area contributed by atoms with Crippen LogP contribution < -0.4 is 4.74 Å². The fourth-order valence-electron chi connectivity index (χ4n) is 10.1. The van der Waals surface area contributed by atoms with Gasteiger partial charge in [-0.25, -0.2) is 4.79 Å². The van der Waals surface area contributed by atoms with Crippen LogP contribution in [0.25, 0.3) is 0 Å². The molecule has 2 bridgehead atoms. The van der Waals surface area contributed by atoms with Gasteiger partial charge in [-0.1, -0.05) is 63.1 Å². The number of esters is 1. The number of fused-ring (bicyclic) bond motifs is 3. The molecule has 0 spiro atoms. The predicted octanol–water partition coefficient (Wildman–Crippen LogP) is 6.21. The highest BCUT2D eigenvalue weighted by molar-refractivity contribution is 6.39. The first-order valence-corrected chi connectivity index (χ1v) is 22.9. The van der Waals surface area contributed by atoms with E-state index in [0.717, 1.165) is 11.1 Å². The third-order valence-electron chi connectivity index (χ3n) is 13.9. The molecule has 14 unspecified atom stereocenters. The van der Waals surface area contributed by atoms with Gasteiger partial charge in [-0.05, 0) is 115 Å². The van der Waals surface area contributed by atoms with Gasteiger partial charge in [0.1, 0.15) is 35.9 Å². The van der Waals surface area contributed by atoms with Crippen LogP contribution in [0, 0.1) is 36.5 Å². The summed E-state index contributed by atoms with van der Waals surface area (Å²) >= 11 is 0. The number of allylic oxidation sites excluding steroid dienone is 3. The van der Waals surface area contributed by atoms with Crippen molar-refractivity contribution in [3.63, 3.8) is 0 Å². The summed E-state index contributed by atoms with van der Waals surface area (Å²) in [4.78, 5) is 58.2. The van der Waals surface area contributed by atoms with Gasteiger partial charge in [0.2, 0.25) is 5.79 Å². The second kappa shape index (κ2) is 22.0. The van der Waals surface area contributed by atoms with Crippen molar-refractivity contribution in [3.05, 3.63) is 53.1 Å². The second-order valence-corrected chi connectivity index (χ2v) is 18.9. The average molecular weight is 868 g/mol. The highest BCUT2D eigenvalue weighted by Gasteiger charge is 2.56. The van der Waals surface area contributed by atoms with E-state index in [1.165, 1.54) is 19.1 Å². The maximum absolute atomic E-state index is 14.5. The first kappa shape index (κ1) is 49.6. The first-order valence-electron chi connectivity index (χ1n) is 22.9. The fourth-order valence-corrected chi connectivity index (χ4v) is 10.1. The normalized spacial score (nSPS) is 38.6. The Morgan fingerprint density at radius 1 is 0.887 bits per heavy atom. The summed E-state index contributed by atoms with van der Waals surface area (Å²) < 4.78 is 30.6. The number of rotatable bonds is 7. The number of hydrogen-bond donors (Lipinski definition) is 3. The molecule has 0 radical (unpaired) electrons. The number of piperidine rings is 1. The number of nitrogens with zero attached hydrogens (tertiary/aromatic N) is 1. The lowest BCUT2D eigenvalue weighted by atomic mass is 9.81. The molecule has 1 aromatic rings. The molecule has 4 aliphatic rings. The Balaban J connectivity index is 1.50. The largest absolute Gasteiger partial charge is 0.488 e. The zero-order valence-corrected chi connectivity index (χ0v) is 38.4. The maximum atomic E-state index is 14.5. The molecule has 2 saturated heterocycles. The van der Waals surface area contributed by atoms with Gasteiger partial charge in [0.25, 0.3) is 11.7 Å². The van der Waals surface area contributed by atoms with E-state index in [2.05, 4.69) is 6.92 Å². The Hall–Kier alpha value is -3.46. The summed E-state index contributed by atoms with van der Waals surface area (Å²) in [6.45, 7) is 13.3. The molecular weight excluding hydrogens is 795 g/mol. The lowest BCUT2D eigenvalue weighted by Gasteiger charge is -2.47. The molecule has 62 heavy (non-hydrogen) atoms. The zero-order valence-electron chi connectivity index (χ0n) is 38.4. The van der Waals surface area contributed by atoms with Crippen LogP contribution in [0.3, 0.4) is 0 Å². The van der Waals surface area contributed by atoms with E-state index in [9.17, 15) is 34.5 Å². The average Bonchev–Trinajstić information content (AvgIpc) is 3.25. The molecule has 14 atom stereocenters. The monoisotopic (exact) mass is 868 g/mol. The van der Waals surface area contributed by atoms with Crippen LogP contribution in [0.1, 0.15) is 118 Å². The van der Waals surface area contributed by atoms with Crippen LogP contribution in [0.4, 0.5) is 0 Å². The summed E-state index contributed by atoms with van der Waals surface area (Å²) in [7, 11) is 3.07. The van der Waals surface area contributed by atoms with E-state index in [1.807, 2.05) is 64.1 Å². The van der Waals surface area contributed by atoms with Crippen molar-refractivity contribution < 1.29 is 58.2 Å². The Kier molecular flexibility index (Phi) is 17.5. The Morgan fingerprint density at radius 2 is 1.56 bits per heavy atom. The molecule has 3 aliphatic heterocycles. The summed E-state index contributed by atoms with van der Waals surface area (Å²) in [6.07, 6.45) is 3.24. The Labute approximate surface area is 368 Å². The van der Waals surface area contributed by atoms with Crippen LogP contribution in [0.15, 0.2) is 47.6 Å². The van der Waals surface area contributed by atoms with Gasteiger partial charge in [-0.2, -0.15) is 0 Å². The number of carbonyl (C=O) groups is 4. The number of aliphatic hydroxyl groups excluding tert-OH is 2. The number of hydrogen-bond acceptors (Lipinski definition) is 12. The highest BCUT2D eigenvalue weighted by atomic mass is 16.7. The van der Waals surface area contributed by atoms with Crippen LogP contribution in [0.5, 0.6) is 5.75 Å².